The van der Waals surface area contributed by atoms with Crippen LogP contribution in [0.4, 0.5) is 0 Å². The fraction of sp³-hybridized carbons (Fsp3) is 0.471. The summed E-state index contributed by atoms with van der Waals surface area (Å²) >= 11 is 0. The zero-order chi connectivity index (χ0) is 13.9. The second-order valence-corrected chi connectivity index (χ2v) is 6.47. The molecule has 102 valence electrons. The third-order valence-corrected chi connectivity index (χ3v) is 3.23. The van der Waals surface area contributed by atoms with Crippen LogP contribution in [0.3, 0.4) is 0 Å². The van der Waals surface area contributed by atoms with Crippen LogP contribution in [-0.2, 0) is 6.42 Å². The molecular formula is C17H24N2. The molecule has 1 aromatic carbocycles. The van der Waals surface area contributed by atoms with Gasteiger partial charge in [0, 0.05) is 17.1 Å². The Balaban J connectivity index is 2.00. The van der Waals surface area contributed by atoms with Crippen LogP contribution in [0.1, 0.15) is 33.3 Å². The predicted octanol–water partition coefficient (Wildman–Crippen LogP) is 3.80. The molecule has 0 aliphatic rings. The Morgan fingerprint density at radius 1 is 1.21 bits per heavy atom. The van der Waals surface area contributed by atoms with Gasteiger partial charge < -0.3 is 5.32 Å². The van der Waals surface area contributed by atoms with Gasteiger partial charge >= 0.3 is 0 Å². The number of benzene rings is 1. The Morgan fingerprint density at radius 3 is 2.74 bits per heavy atom. The lowest BCUT2D eigenvalue weighted by Gasteiger charge is -2.23. The molecule has 1 unspecified atom stereocenters. The van der Waals surface area contributed by atoms with E-state index >= 15 is 0 Å². The molecule has 0 aliphatic carbocycles. The number of hydrogen-bond acceptors (Lipinski definition) is 2. The summed E-state index contributed by atoms with van der Waals surface area (Å²) in [6.45, 7) is 9.98. The van der Waals surface area contributed by atoms with Gasteiger partial charge in [0.15, 0.2) is 0 Å². The minimum absolute atomic E-state index is 0.196. The van der Waals surface area contributed by atoms with Crippen LogP contribution in [0, 0.1) is 5.92 Å². The smallest absolute Gasteiger partial charge is 0.0702 e. The largest absolute Gasteiger partial charge is 0.312 e. The Kier molecular flexibility index (Phi) is 4.20. The van der Waals surface area contributed by atoms with Crippen LogP contribution in [-0.4, -0.2) is 17.1 Å². The van der Waals surface area contributed by atoms with Crippen molar-refractivity contribution in [1.29, 1.82) is 0 Å². The topological polar surface area (TPSA) is 24.9 Å². The van der Waals surface area contributed by atoms with E-state index in [0.717, 1.165) is 18.5 Å². The molecule has 1 atom stereocenters. The maximum Gasteiger partial charge on any atom is 0.0702 e. The third kappa shape index (κ3) is 4.32. The molecule has 0 amide bonds. The lowest BCUT2D eigenvalue weighted by molar-refractivity contribution is 0.381. The number of rotatable bonds is 4. The zero-order valence-corrected chi connectivity index (χ0v) is 12.4. The van der Waals surface area contributed by atoms with Crippen molar-refractivity contribution < 1.29 is 0 Å². The number of hydrogen-bond donors (Lipinski definition) is 1. The van der Waals surface area contributed by atoms with Crippen molar-refractivity contribution in [2.75, 3.05) is 6.54 Å². The van der Waals surface area contributed by atoms with Gasteiger partial charge in [-0.3, -0.25) is 4.98 Å². The maximum atomic E-state index is 4.36. The Labute approximate surface area is 116 Å². The summed E-state index contributed by atoms with van der Waals surface area (Å²) in [6.07, 6.45) is 2.95. The number of aromatic nitrogens is 1. The van der Waals surface area contributed by atoms with E-state index in [0.29, 0.717) is 5.92 Å². The van der Waals surface area contributed by atoms with Crippen molar-refractivity contribution in [3.8, 4) is 0 Å². The summed E-state index contributed by atoms with van der Waals surface area (Å²) in [7, 11) is 0. The monoisotopic (exact) mass is 256 g/mol. The second-order valence-electron chi connectivity index (χ2n) is 6.47. The van der Waals surface area contributed by atoms with Gasteiger partial charge in [-0.05, 0) is 63.4 Å². The van der Waals surface area contributed by atoms with Crippen LogP contribution in [0.2, 0.25) is 0 Å². The van der Waals surface area contributed by atoms with Crippen molar-refractivity contribution in [2.24, 2.45) is 5.92 Å². The van der Waals surface area contributed by atoms with Gasteiger partial charge in [0.1, 0.15) is 0 Å². The summed E-state index contributed by atoms with van der Waals surface area (Å²) in [5.74, 6) is 0.633. The fourth-order valence-corrected chi connectivity index (χ4v) is 2.21. The van der Waals surface area contributed by atoms with Crippen molar-refractivity contribution >= 4 is 10.9 Å². The van der Waals surface area contributed by atoms with E-state index < -0.39 is 0 Å². The van der Waals surface area contributed by atoms with Gasteiger partial charge in [-0.15, -0.1) is 0 Å². The third-order valence-electron chi connectivity index (χ3n) is 3.23. The minimum atomic E-state index is 0.196. The van der Waals surface area contributed by atoms with E-state index in [9.17, 15) is 0 Å². The molecule has 1 heterocycles. The van der Waals surface area contributed by atoms with E-state index in [4.69, 9.17) is 0 Å². The lowest BCUT2D eigenvalue weighted by atomic mass is 9.98. The van der Waals surface area contributed by atoms with Crippen LogP contribution >= 0.6 is 0 Å². The molecule has 2 nitrogen and oxygen atoms in total. The molecule has 2 aromatic rings. The van der Waals surface area contributed by atoms with Gasteiger partial charge in [-0.1, -0.05) is 19.1 Å². The van der Waals surface area contributed by atoms with Crippen molar-refractivity contribution in [1.82, 2.24) is 10.3 Å². The van der Waals surface area contributed by atoms with E-state index in [1.807, 2.05) is 12.3 Å². The molecule has 0 radical (unpaired) electrons. The SMILES string of the molecule is CC(CNC(C)(C)C)Cc1ccc2ncccc2c1. The van der Waals surface area contributed by atoms with Crippen molar-refractivity contribution in [3.05, 3.63) is 42.1 Å². The summed E-state index contributed by atoms with van der Waals surface area (Å²) in [6, 6.07) is 10.7. The number of fused-ring (bicyclic) bond motifs is 1. The molecule has 2 rings (SSSR count). The summed E-state index contributed by atoms with van der Waals surface area (Å²) < 4.78 is 0. The normalized spacial score (nSPS) is 13.7. The molecular weight excluding hydrogens is 232 g/mol. The molecule has 0 aliphatic heterocycles. The average Bonchev–Trinajstić information content (AvgIpc) is 2.35. The van der Waals surface area contributed by atoms with Crippen molar-refractivity contribution in [2.45, 2.75) is 39.7 Å². The Hall–Kier alpha value is -1.41. The van der Waals surface area contributed by atoms with Crippen LogP contribution in [0.15, 0.2) is 36.5 Å². The van der Waals surface area contributed by atoms with Crippen LogP contribution in [0.5, 0.6) is 0 Å². The highest BCUT2D eigenvalue weighted by molar-refractivity contribution is 5.78. The Morgan fingerprint density at radius 2 is 2.00 bits per heavy atom. The van der Waals surface area contributed by atoms with Gasteiger partial charge in [-0.25, -0.2) is 0 Å². The highest BCUT2D eigenvalue weighted by atomic mass is 14.9. The van der Waals surface area contributed by atoms with Crippen LogP contribution < -0.4 is 5.32 Å². The highest BCUT2D eigenvalue weighted by Crippen LogP contribution is 2.16. The number of nitrogens with one attached hydrogen (secondary N) is 1. The standard InChI is InChI=1S/C17H24N2/c1-13(12-19-17(2,3)4)10-14-7-8-16-15(11-14)6-5-9-18-16/h5-9,11,13,19H,10,12H2,1-4H3. The van der Waals surface area contributed by atoms with E-state index in [1.54, 1.807) is 0 Å². The summed E-state index contributed by atoms with van der Waals surface area (Å²) in [5, 5.41) is 4.80. The Bertz CT molecular complexity index is 540. The molecule has 0 saturated carbocycles. The molecule has 1 aromatic heterocycles. The quantitative estimate of drug-likeness (QED) is 0.900. The van der Waals surface area contributed by atoms with Crippen molar-refractivity contribution in [3.63, 3.8) is 0 Å². The van der Waals surface area contributed by atoms with Gasteiger partial charge in [0.25, 0.3) is 0 Å². The molecule has 0 bridgehead atoms. The average molecular weight is 256 g/mol. The van der Waals surface area contributed by atoms with Gasteiger partial charge in [0.05, 0.1) is 5.52 Å². The molecule has 2 heteroatoms. The lowest BCUT2D eigenvalue weighted by Crippen LogP contribution is -2.39. The first-order valence-corrected chi connectivity index (χ1v) is 7.03. The molecule has 1 N–H and O–H groups in total. The summed E-state index contributed by atoms with van der Waals surface area (Å²) in [5.41, 5.74) is 2.66. The second kappa shape index (κ2) is 5.70. The number of nitrogens with zero attached hydrogens (tertiary/aromatic N) is 1. The molecule has 19 heavy (non-hydrogen) atoms. The van der Waals surface area contributed by atoms with Gasteiger partial charge in [0.2, 0.25) is 0 Å². The fourth-order valence-electron chi connectivity index (χ4n) is 2.21. The minimum Gasteiger partial charge on any atom is -0.312 e. The van der Waals surface area contributed by atoms with E-state index in [-0.39, 0.29) is 5.54 Å². The highest BCUT2D eigenvalue weighted by Gasteiger charge is 2.11. The van der Waals surface area contributed by atoms with Crippen LogP contribution in [0.25, 0.3) is 10.9 Å². The van der Waals surface area contributed by atoms with Gasteiger partial charge in [-0.2, -0.15) is 0 Å². The molecule has 0 fully saturated rings. The number of pyridine rings is 1. The first-order valence-electron chi connectivity index (χ1n) is 7.03. The van der Waals surface area contributed by atoms with E-state index in [1.165, 1.54) is 10.9 Å². The molecule has 0 spiro atoms. The first kappa shape index (κ1) is 14.0. The van der Waals surface area contributed by atoms with E-state index in [2.05, 4.69) is 62.3 Å². The molecule has 0 saturated heterocycles. The predicted molar refractivity (Wildman–Crippen MR) is 82.4 cm³/mol. The maximum absolute atomic E-state index is 4.36. The first-order chi connectivity index (χ1) is 8.94. The zero-order valence-electron chi connectivity index (χ0n) is 12.4. The summed E-state index contributed by atoms with van der Waals surface area (Å²) in [4.78, 5) is 4.36.